The summed E-state index contributed by atoms with van der Waals surface area (Å²) in [5, 5.41) is 3.39. The first-order valence-electron chi connectivity index (χ1n) is 5.54. The summed E-state index contributed by atoms with van der Waals surface area (Å²) >= 11 is 5.75. The lowest BCUT2D eigenvalue weighted by Gasteiger charge is -2.24. The minimum absolute atomic E-state index is 0.0684. The molecule has 1 N–H and O–H groups in total. The van der Waals surface area contributed by atoms with Gasteiger partial charge in [0, 0.05) is 5.54 Å². The van der Waals surface area contributed by atoms with Gasteiger partial charge in [0.2, 0.25) is 0 Å². The van der Waals surface area contributed by atoms with Crippen molar-refractivity contribution >= 4 is 17.5 Å². The Morgan fingerprint density at radius 1 is 1.44 bits per heavy atom. The van der Waals surface area contributed by atoms with Crippen LogP contribution in [-0.4, -0.2) is 16.4 Å². The van der Waals surface area contributed by atoms with Gasteiger partial charge in [-0.25, -0.2) is 4.98 Å². The van der Waals surface area contributed by atoms with Crippen LogP contribution in [-0.2, 0) is 0 Å². The van der Waals surface area contributed by atoms with E-state index in [4.69, 9.17) is 11.6 Å². The van der Waals surface area contributed by atoms with Crippen molar-refractivity contribution in [2.75, 3.05) is 0 Å². The quantitative estimate of drug-likeness (QED) is 0.805. The molecule has 0 unspecified atom stereocenters. The number of carbonyl (C=O) groups is 1. The molecule has 1 aliphatic rings. The van der Waals surface area contributed by atoms with Crippen LogP contribution in [0.2, 0.25) is 5.15 Å². The van der Waals surface area contributed by atoms with E-state index in [9.17, 15) is 4.79 Å². The lowest BCUT2D eigenvalue weighted by Crippen LogP contribution is -2.43. The summed E-state index contributed by atoms with van der Waals surface area (Å²) in [6.07, 6.45) is 4.44. The number of hydrogen-bond acceptors (Lipinski definition) is 2. The smallest absolute Gasteiger partial charge is 0.270 e. The van der Waals surface area contributed by atoms with E-state index in [2.05, 4.69) is 17.2 Å². The number of carbonyl (C=O) groups excluding carboxylic acids is 1. The second-order valence-corrected chi connectivity index (χ2v) is 4.95. The molecule has 16 heavy (non-hydrogen) atoms. The van der Waals surface area contributed by atoms with Crippen molar-refractivity contribution in [3.63, 3.8) is 0 Å². The summed E-state index contributed by atoms with van der Waals surface area (Å²) in [6.45, 7) is 2.09. The van der Waals surface area contributed by atoms with Crippen molar-refractivity contribution in [1.29, 1.82) is 0 Å². The Hall–Kier alpha value is -1.09. The number of rotatable bonds is 2. The molecule has 3 nitrogen and oxygen atoms in total. The van der Waals surface area contributed by atoms with Crippen LogP contribution in [0, 0.1) is 0 Å². The Morgan fingerprint density at radius 2 is 2.12 bits per heavy atom. The summed E-state index contributed by atoms with van der Waals surface area (Å²) in [5.74, 6) is -0.132. The maximum absolute atomic E-state index is 11.9. The Bertz CT molecular complexity index is 400. The highest BCUT2D eigenvalue weighted by Crippen LogP contribution is 2.29. The molecule has 0 atom stereocenters. The summed E-state index contributed by atoms with van der Waals surface area (Å²) in [4.78, 5) is 15.9. The monoisotopic (exact) mass is 238 g/mol. The standard InChI is InChI=1S/C12H15ClN2O/c1-12(7-2-3-8-12)15-11(16)9-5-4-6-10(13)14-9/h4-6H,2-3,7-8H2,1H3,(H,15,16). The van der Waals surface area contributed by atoms with Gasteiger partial charge in [0.25, 0.3) is 5.91 Å². The van der Waals surface area contributed by atoms with Crippen LogP contribution in [0.4, 0.5) is 0 Å². The molecule has 1 fully saturated rings. The summed E-state index contributed by atoms with van der Waals surface area (Å²) in [5.41, 5.74) is 0.321. The van der Waals surface area contributed by atoms with Gasteiger partial charge in [-0.15, -0.1) is 0 Å². The zero-order chi connectivity index (χ0) is 11.6. The van der Waals surface area contributed by atoms with E-state index in [1.165, 1.54) is 12.8 Å². The number of nitrogens with zero attached hydrogens (tertiary/aromatic N) is 1. The maximum atomic E-state index is 11.9. The van der Waals surface area contributed by atoms with E-state index in [0.717, 1.165) is 12.8 Å². The molecule has 1 heterocycles. The zero-order valence-corrected chi connectivity index (χ0v) is 10.0. The molecule has 1 aromatic rings. The number of amides is 1. The molecule has 0 aromatic carbocycles. The Balaban J connectivity index is 2.08. The first kappa shape index (κ1) is 11.4. The number of halogens is 1. The van der Waals surface area contributed by atoms with Crippen LogP contribution in [0.5, 0.6) is 0 Å². The third-order valence-corrected chi connectivity index (χ3v) is 3.28. The fourth-order valence-electron chi connectivity index (χ4n) is 2.15. The minimum atomic E-state index is -0.132. The maximum Gasteiger partial charge on any atom is 0.270 e. The van der Waals surface area contributed by atoms with E-state index >= 15 is 0 Å². The number of hydrogen-bond donors (Lipinski definition) is 1. The number of pyridine rings is 1. The average Bonchev–Trinajstić information content (AvgIpc) is 2.65. The highest BCUT2D eigenvalue weighted by atomic mass is 35.5. The predicted molar refractivity (Wildman–Crippen MR) is 63.6 cm³/mol. The molecule has 0 spiro atoms. The first-order chi connectivity index (χ1) is 7.59. The Morgan fingerprint density at radius 3 is 2.75 bits per heavy atom. The highest BCUT2D eigenvalue weighted by molar-refractivity contribution is 6.29. The Labute approximate surface area is 100 Å². The second-order valence-electron chi connectivity index (χ2n) is 4.57. The molecule has 1 aromatic heterocycles. The van der Waals surface area contributed by atoms with E-state index in [1.807, 2.05) is 0 Å². The van der Waals surface area contributed by atoms with Crippen molar-refractivity contribution in [3.8, 4) is 0 Å². The third-order valence-electron chi connectivity index (χ3n) is 3.07. The summed E-state index contributed by atoms with van der Waals surface area (Å²) in [7, 11) is 0. The fourth-order valence-corrected chi connectivity index (χ4v) is 2.32. The third kappa shape index (κ3) is 2.53. The van der Waals surface area contributed by atoms with Gasteiger partial charge in [-0.05, 0) is 31.9 Å². The Kier molecular flexibility index (Phi) is 3.15. The largest absolute Gasteiger partial charge is 0.346 e. The molecule has 1 aliphatic carbocycles. The lowest BCUT2D eigenvalue weighted by atomic mass is 10.0. The molecule has 86 valence electrons. The van der Waals surface area contributed by atoms with Gasteiger partial charge in [-0.2, -0.15) is 0 Å². The molecule has 0 aliphatic heterocycles. The van der Waals surface area contributed by atoms with E-state index in [1.54, 1.807) is 18.2 Å². The van der Waals surface area contributed by atoms with Crippen molar-refractivity contribution in [3.05, 3.63) is 29.0 Å². The van der Waals surface area contributed by atoms with Crippen LogP contribution in [0.3, 0.4) is 0 Å². The summed E-state index contributed by atoms with van der Waals surface area (Å²) in [6, 6.07) is 5.08. The van der Waals surface area contributed by atoms with Crippen LogP contribution in [0.1, 0.15) is 43.1 Å². The molecular formula is C12H15ClN2O. The van der Waals surface area contributed by atoms with Gasteiger partial charge in [-0.3, -0.25) is 4.79 Å². The van der Waals surface area contributed by atoms with Gasteiger partial charge in [-0.1, -0.05) is 30.5 Å². The average molecular weight is 239 g/mol. The molecule has 2 rings (SSSR count). The van der Waals surface area contributed by atoms with Gasteiger partial charge in [0.15, 0.2) is 0 Å². The molecule has 1 saturated carbocycles. The molecule has 0 radical (unpaired) electrons. The zero-order valence-electron chi connectivity index (χ0n) is 9.29. The molecule has 4 heteroatoms. The predicted octanol–water partition coefficient (Wildman–Crippen LogP) is 2.80. The number of aromatic nitrogens is 1. The SMILES string of the molecule is CC1(NC(=O)c2cccc(Cl)n2)CCCC1. The number of nitrogens with one attached hydrogen (secondary N) is 1. The van der Waals surface area contributed by atoms with E-state index in [-0.39, 0.29) is 11.4 Å². The topological polar surface area (TPSA) is 42.0 Å². The van der Waals surface area contributed by atoms with Crippen molar-refractivity contribution < 1.29 is 4.79 Å². The minimum Gasteiger partial charge on any atom is -0.346 e. The second kappa shape index (κ2) is 4.42. The van der Waals surface area contributed by atoms with E-state index < -0.39 is 0 Å². The lowest BCUT2D eigenvalue weighted by molar-refractivity contribution is 0.0903. The highest BCUT2D eigenvalue weighted by Gasteiger charge is 2.30. The molecular weight excluding hydrogens is 224 g/mol. The fraction of sp³-hybridized carbons (Fsp3) is 0.500. The van der Waals surface area contributed by atoms with Crippen molar-refractivity contribution in [2.45, 2.75) is 38.1 Å². The molecule has 1 amide bonds. The van der Waals surface area contributed by atoms with E-state index in [0.29, 0.717) is 10.8 Å². The van der Waals surface area contributed by atoms with Gasteiger partial charge in [0.05, 0.1) is 0 Å². The van der Waals surface area contributed by atoms with Gasteiger partial charge >= 0.3 is 0 Å². The normalized spacial score (nSPS) is 18.4. The van der Waals surface area contributed by atoms with Crippen LogP contribution < -0.4 is 5.32 Å². The summed E-state index contributed by atoms with van der Waals surface area (Å²) < 4.78 is 0. The molecule has 0 bridgehead atoms. The van der Waals surface area contributed by atoms with Crippen molar-refractivity contribution in [1.82, 2.24) is 10.3 Å². The van der Waals surface area contributed by atoms with Gasteiger partial charge < -0.3 is 5.32 Å². The van der Waals surface area contributed by atoms with Gasteiger partial charge in [0.1, 0.15) is 10.8 Å². The van der Waals surface area contributed by atoms with Crippen LogP contribution in [0.25, 0.3) is 0 Å². The van der Waals surface area contributed by atoms with Crippen molar-refractivity contribution in [2.24, 2.45) is 0 Å². The molecule has 0 saturated heterocycles. The van der Waals surface area contributed by atoms with Crippen LogP contribution >= 0.6 is 11.6 Å². The first-order valence-corrected chi connectivity index (χ1v) is 5.92. The van der Waals surface area contributed by atoms with Crippen LogP contribution in [0.15, 0.2) is 18.2 Å².